The lowest BCUT2D eigenvalue weighted by Gasteiger charge is -2.25. The number of methoxy groups -OCH3 is 2. The van der Waals surface area contributed by atoms with Crippen molar-refractivity contribution in [1.29, 1.82) is 0 Å². The number of carbonyl (C=O) groups excluding carboxylic acids is 1. The number of carboxylic acids is 1. The lowest BCUT2D eigenvalue weighted by molar-refractivity contribution is -0.152. The van der Waals surface area contributed by atoms with E-state index in [1.807, 2.05) is 0 Å². The first-order valence-electron chi connectivity index (χ1n) is 5.34. The molecule has 0 aliphatic carbocycles. The second kappa shape index (κ2) is 5.95. The Morgan fingerprint density at radius 1 is 1.53 bits per heavy atom. The number of ether oxygens (including phenoxy) is 2. The maximum absolute atomic E-state index is 12.0. The van der Waals surface area contributed by atoms with Crippen LogP contribution in [0, 0.1) is 0 Å². The minimum Gasteiger partial charge on any atom is -0.480 e. The molecule has 7 heteroatoms. The Morgan fingerprint density at radius 3 is 2.59 bits per heavy atom. The normalized spacial score (nSPS) is 25.9. The zero-order valence-electron chi connectivity index (χ0n) is 9.96. The van der Waals surface area contributed by atoms with Gasteiger partial charge in [0.1, 0.15) is 12.1 Å². The summed E-state index contributed by atoms with van der Waals surface area (Å²) in [6, 6.07) is -0.864. The van der Waals surface area contributed by atoms with Gasteiger partial charge in [0.2, 0.25) is 0 Å². The van der Waals surface area contributed by atoms with Gasteiger partial charge >= 0.3 is 5.97 Å². The molecule has 3 N–H and O–H groups in total. The van der Waals surface area contributed by atoms with Crippen LogP contribution in [-0.4, -0.2) is 67.4 Å². The molecular formula is C10H18N2O5. The van der Waals surface area contributed by atoms with E-state index < -0.39 is 24.0 Å². The predicted octanol–water partition coefficient (Wildman–Crippen LogP) is -1.34. The lowest BCUT2D eigenvalue weighted by atomic mass is 10.2. The van der Waals surface area contributed by atoms with Crippen LogP contribution < -0.4 is 5.73 Å². The molecule has 7 nitrogen and oxygen atoms in total. The average Bonchev–Trinajstić information content (AvgIpc) is 2.74. The van der Waals surface area contributed by atoms with Crippen molar-refractivity contribution in [3.8, 4) is 0 Å². The van der Waals surface area contributed by atoms with Gasteiger partial charge in [0, 0.05) is 33.7 Å². The molecule has 0 saturated carbocycles. The number of carbonyl (C=O) groups is 2. The van der Waals surface area contributed by atoms with Gasteiger partial charge in [-0.2, -0.15) is 0 Å². The molecule has 1 heterocycles. The minimum atomic E-state index is -1.04. The molecule has 1 aliphatic heterocycles. The molecular weight excluding hydrogens is 228 g/mol. The number of hydrogen-bond acceptors (Lipinski definition) is 5. The minimum absolute atomic E-state index is 0.0236. The van der Waals surface area contributed by atoms with Gasteiger partial charge in [0.15, 0.2) is 0 Å². The summed E-state index contributed by atoms with van der Waals surface area (Å²) in [5.41, 5.74) is 5.39. The molecule has 1 aliphatic rings. The smallest absolute Gasteiger partial charge is 0.326 e. The maximum atomic E-state index is 12.0. The second-order valence-electron chi connectivity index (χ2n) is 3.90. The number of hydrogen-bond donors (Lipinski definition) is 2. The Hall–Kier alpha value is -1.18. The summed E-state index contributed by atoms with van der Waals surface area (Å²) >= 11 is 0. The van der Waals surface area contributed by atoms with Crippen molar-refractivity contribution in [2.45, 2.75) is 24.7 Å². The molecule has 1 rings (SSSR count). The Labute approximate surface area is 99.5 Å². The molecule has 0 radical (unpaired) electrons. The third-order valence-electron chi connectivity index (χ3n) is 2.94. The molecule has 0 aromatic heterocycles. The van der Waals surface area contributed by atoms with Crippen molar-refractivity contribution in [2.75, 3.05) is 27.3 Å². The van der Waals surface area contributed by atoms with E-state index in [4.69, 9.17) is 20.3 Å². The van der Waals surface area contributed by atoms with E-state index in [1.165, 1.54) is 19.1 Å². The van der Waals surface area contributed by atoms with Gasteiger partial charge in [-0.25, -0.2) is 4.79 Å². The number of carboxylic acid groups (broad SMARTS) is 1. The molecule has 0 bridgehead atoms. The van der Waals surface area contributed by atoms with E-state index in [2.05, 4.69) is 0 Å². The Bertz CT molecular complexity index is 292. The zero-order valence-corrected chi connectivity index (χ0v) is 9.96. The standard InChI is InChI=1S/C10H18N2O5/c1-16-6-3-7(10(14)15)12(5-6)9(13)8(4-11)17-2/h6-8H,3-5,11H2,1-2H3,(H,14,15). The topological polar surface area (TPSA) is 102 Å². The lowest BCUT2D eigenvalue weighted by Crippen LogP contribution is -2.48. The monoisotopic (exact) mass is 246 g/mol. The van der Waals surface area contributed by atoms with Crippen molar-refractivity contribution in [2.24, 2.45) is 5.73 Å². The molecule has 1 fully saturated rings. The van der Waals surface area contributed by atoms with E-state index in [1.54, 1.807) is 0 Å². The highest BCUT2D eigenvalue weighted by Gasteiger charge is 2.41. The van der Waals surface area contributed by atoms with E-state index in [0.717, 1.165) is 0 Å². The fourth-order valence-corrected chi connectivity index (χ4v) is 1.93. The Kier molecular flexibility index (Phi) is 4.86. The quantitative estimate of drug-likeness (QED) is 0.622. The highest BCUT2D eigenvalue weighted by atomic mass is 16.5. The first kappa shape index (κ1) is 13.9. The fourth-order valence-electron chi connectivity index (χ4n) is 1.93. The molecule has 1 amide bonds. The van der Waals surface area contributed by atoms with Crippen LogP contribution in [0.15, 0.2) is 0 Å². The third-order valence-corrected chi connectivity index (χ3v) is 2.94. The van der Waals surface area contributed by atoms with E-state index in [0.29, 0.717) is 6.42 Å². The summed E-state index contributed by atoms with van der Waals surface area (Å²) in [4.78, 5) is 24.3. The van der Waals surface area contributed by atoms with Gasteiger partial charge in [-0.3, -0.25) is 4.79 Å². The number of aliphatic carboxylic acids is 1. The van der Waals surface area contributed by atoms with Crippen molar-refractivity contribution >= 4 is 11.9 Å². The predicted molar refractivity (Wildman–Crippen MR) is 58.4 cm³/mol. The summed E-state index contributed by atoms with van der Waals surface area (Å²) in [6.07, 6.45) is -0.763. The maximum Gasteiger partial charge on any atom is 0.326 e. The number of nitrogens with two attached hydrogens (primary N) is 1. The molecule has 1 saturated heterocycles. The van der Waals surface area contributed by atoms with E-state index in [-0.39, 0.29) is 19.2 Å². The van der Waals surface area contributed by atoms with Crippen LogP contribution in [0.1, 0.15) is 6.42 Å². The molecule has 3 atom stereocenters. The second-order valence-corrected chi connectivity index (χ2v) is 3.90. The van der Waals surface area contributed by atoms with Crippen LogP contribution in [0.2, 0.25) is 0 Å². The fraction of sp³-hybridized carbons (Fsp3) is 0.800. The molecule has 3 unspecified atom stereocenters. The van der Waals surface area contributed by atoms with Gasteiger partial charge in [-0.05, 0) is 0 Å². The molecule has 0 aromatic carbocycles. The largest absolute Gasteiger partial charge is 0.480 e. The van der Waals surface area contributed by atoms with Crippen molar-refractivity contribution in [1.82, 2.24) is 4.90 Å². The molecule has 0 spiro atoms. The number of nitrogens with zero attached hydrogens (tertiary/aromatic N) is 1. The molecule has 98 valence electrons. The Balaban J connectivity index is 2.79. The van der Waals surface area contributed by atoms with Gasteiger partial charge < -0.3 is 25.2 Å². The summed E-state index contributed by atoms with van der Waals surface area (Å²) < 4.78 is 10.0. The van der Waals surface area contributed by atoms with Crippen LogP contribution in [0.3, 0.4) is 0 Å². The molecule has 17 heavy (non-hydrogen) atoms. The van der Waals surface area contributed by atoms with Gasteiger partial charge in [-0.15, -0.1) is 0 Å². The van der Waals surface area contributed by atoms with E-state index >= 15 is 0 Å². The van der Waals surface area contributed by atoms with Gasteiger partial charge in [0.25, 0.3) is 5.91 Å². The first-order valence-corrected chi connectivity index (χ1v) is 5.34. The van der Waals surface area contributed by atoms with Gasteiger partial charge in [0.05, 0.1) is 6.10 Å². The highest BCUT2D eigenvalue weighted by Crippen LogP contribution is 2.21. The highest BCUT2D eigenvalue weighted by molar-refractivity contribution is 5.87. The van der Waals surface area contributed by atoms with Crippen molar-refractivity contribution < 1.29 is 24.2 Å². The van der Waals surface area contributed by atoms with Crippen LogP contribution in [-0.2, 0) is 19.1 Å². The molecule has 0 aromatic rings. The summed E-state index contributed by atoms with van der Waals surface area (Å²) in [5, 5.41) is 9.05. The number of amides is 1. The van der Waals surface area contributed by atoms with Crippen LogP contribution in [0.25, 0.3) is 0 Å². The summed E-state index contributed by atoms with van der Waals surface area (Å²) in [6.45, 7) is 0.280. The SMILES string of the molecule is COC1CC(C(=O)O)N(C(=O)C(CN)OC)C1. The van der Waals surface area contributed by atoms with Crippen LogP contribution >= 0.6 is 0 Å². The third kappa shape index (κ3) is 2.93. The number of rotatable bonds is 5. The van der Waals surface area contributed by atoms with Crippen LogP contribution in [0.4, 0.5) is 0 Å². The van der Waals surface area contributed by atoms with Gasteiger partial charge in [-0.1, -0.05) is 0 Å². The van der Waals surface area contributed by atoms with Crippen molar-refractivity contribution in [3.05, 3.63) is 0 Å². The Morgan fingerprint density at radius 2 is 2.18 bits per heavy atom. The first-order chi connectivity index (χ1) is 8.04. The van der Waals surface area contributed by atoms with E-state index in [9.17, 15) is 9.59 Å². The number of likely N-dealkylation sites (tertiary alicyclic amines) is 1. The zero-order chi connectivity index (χ0) is 13.0. The summed E-state index contributed by atoms with van der Waals surface area (Å²) in [5.74, 6) is -1.44. The summed E-state index contributed by atoms with van der Waals surface area (Å²) in [7, 11) is 2.86. The van der Waals surface area contributed by atoms with Crippen molar-refractivity contribution in [3.63, 3.8) is 0 Å². The van der Waals surface area contributed by atoms with Crippen LogP contribution in [0.5, 0.6) is 0 Å². The average molecular weight is 246 g/mol.